The largest absolute Gasteiger partial charge is 0.466 e. The molecule has 1 aromatic carbocycles. The molecule has 0 aliphatic heterocycles. The number of ether oxygens (including phenoxy) is 2. The molecule has 1 fully saturated rings. The molecule has 1 aromatic rings. The van der Waals surface area contributed by atoms with Crippen molar-refractivity contribution in [2.24, 2.45) is 0 Å². The summed E-state index contributed by atoms with van der Waals surface area (Å²) in [4.78, 5) is 52.6. The van der Waals surface area contributed by atoms with Crippen LogP contribution in [0.4, 0.5) is 4.79 Å². The van der Waals surface area contributed by atoms with E-state index in [0.717, 1.165) is 24.8 Å². The van der Waals surface area contributed by atoms with Crippen LogP contribution in [0.25, 0.3) is 0 Å². The lowest BCUT2D eigenvalue weighted by Gasteiger charge is -2.43. The predicted octanol–water partition coefficient (Wildman–Crippen LogP) is 3.40. The Balaban J connectivity index is 2.28. The smallest absolute Gasteiger partial charge is 0.408 e. The Kier molecular flexibility index (Phi) is 10.1. The van der Waals surface area contributed by atoms with Gasteiger partial charge in [0.15, 0.2) is 0 Å². The van der Waals surface area contributed by atoms with E-state index in [4.69, 9.17) is 9.47 Å². The minimum Gasteiger partial charge on any atom is -0.466 e. The number of amides is 3. The molecule has 2 N–H and O–H groups in total. The molecule has 9 nitrogen and oxygen atoms in total. The Morgan fingerprint density at radius 2 is 1.74 bits per heavy atom. The van der Waals surface area contributed by atoms with Gasteiger partial charge in [0.25, 0.3) is 0 Å². The fourth-order valence-corrected chi connectivity index (χ4v) is 3.76. The summed E-state index contributed by atoms with van der Waals surface area (Å²) in [6.07, 6.45) is 1.83. The quantitative estimate of drug-likeness (QED) is 0.487. The molecule has 0 heterocycles. The first-order valence-electron chi connectivity index (χ1n) is 12.2. The van der Waals surface area contributed by atoms with Gasteiger partial charge < -0.3 is 25.0 Å². The third kappa shape index (κ3) is 8.56. The number of hydrogen-bond acceptors (Lipinski definition) is 6. The summed E-state index contributed by atoms with van der Waals surface area (Å²) in [7, 11) is 0. The molecule has 1 saturated carbocycles. The molecule has 0 saturated heterocycles. The van der Waals surface area contributed by atoms with Crippen LogP contribution >= 0.6 is 0 Å². The van der Waals surface area contributed by atoms with Crippen molar-refractivity contribution in [3.63, 3.8) is 0 Å². The van der Waals surface area contributed by atoms with Crippen LogP contribution in [0.15, 0.2) is 24.3 Å². The van der Waals surface area contributed by atoms with Crippen LogP contribution in [0.5, 0.6) is 0 Å². The van der Waals surface area contributed by atoms with Gasteiger partial charge in [-0.1, -0.05) is 29.8 Å². The number of alkyl carbamates (subject to hydrolysis) is 1. The van der Waals surface area contributed by atoms with Gasteiger partial charge in [0, 0.05) is 12.6 Å². The summed E-state index contributed by atoms with van der Waals surface area (Å²) in [5, 5.41) is 5.39. The minimum atomic E-state index is -0.904. The average Bonchev–Trinajstić information content (AvgIpc) is 2.71. The van der Waals surface area contributed by atoms with E-state index in [9.17, 15) is 19.2 Å². The molecule has 0 spiro atoms. The standard InChI is InChI=1S/C26H39N3O6/c1-7-34-21(30)15-16-27-23(31)22(19-13-11-17(2)12-14-19)29(20-9-8-10-20)24(32)18(3)28-25(33)35-26(4,5)6/h11-14,18,20,22H,7-10,15-16H2,1-6H3,(H,27,31)(H,28,33). The van der Waals surface area contributed by atoms with E-state index < -0.39 is 29.7 Å². The Labute approximate surface area is 207 Å². The summed E-state index contributed by atoms with van der Waals surface area (Å²) in [5.74, 6) is -1.16. The molecule has 3 amide bonds. The summed E-state index contributed by atoms with van der Waals surface area (Å²) >= 11 is 0. The topological polar surface area (TPSA) is 114 Å². The molecule has 9 heteroatoms. The summed E-state index contributed by atoms with van der Waals surface area (Å²) in [5.41, 5.74) is 0.981. The van der Waals surface area contributed by atoms with Gasteiger partial charge in [0.2, 0.25) is 11.8 Å². The molecule has 35 heavy (non-hydrogen) atoms. The van der Waals surface area contributed by atoms with Gasteiger partial charge in [-0.05, 0) is 66.4 Å². The first kappa shape index (κ1) is 28.1. The van der Waals surface area contributed by atoms with E-state index in [1.54, 1.807) is 39.5 Å². The molecular weight excluding hydrogens is 450 g/mol. The lowest BCUT2D eigenvalue weighted by molar-refractivity contribution is -0.147. The Morgan fingerprint density at radius 3 is 2.26 bits per heavy atom. The Morgan fingerprint density at radius 1 is 1.11 bits per heavy atom. The summed E-state index contributed by atoms with van der Waals surface area (Å²) in [6.45, 7) is 10.8. The van der Waals surface area contributed by atoms with Crippen molar-refractivity contribution in [2.45, 2.75) is 91.0 Å². The fraction of sp³-hybridized carbons (Fsp3) is 0.615. The number of hydrogen-bond donors (Lipinski definition) is 2. The highest BCUT2D eigenvalue weighted by molar-refractivity contribution is 5.92. The van der Waals surface area contributed by atoms with Crippen molar-refractivity contribution in [2.75, 3.05) is 13.2 Å². The number of esters is 1. The second-order valence-electron chi connectivity index (χ2n) is 9.86. The maximum absolute atomic E-state index is 13.6. The zero-order valence-corrected chi connectivity index (χ0v) is 21.7. The van der Waals surface area contributed by atoms with E-state index in [1.165, 1.54) is 0 Å². The maximum atomic E-state index is 13.6. The van der Waals surface area contributed by atoms with Crippen molar-refractivity contribution in [3.8, 4) is 0 Å². The van der Waals surface area contributed by atoms with E-state index in [2.05, 4.69) is 10.6 Å². The first-order chi connectivity index (χ1) is 16.4. The summed E-state index contributed by atoms with van der Waals surface area (Å²) < 4.78 is 10.2. The van der Waals surface area contributed by atoms with Crippen LogP contribution < -0.4 is 10.6 Å². The van der Waals surface area contributed by atoms with Crippen molar-refractivity contribution >= 4 is 23.9 Å². The van der Waals surface area contributed by atoms with Crippen LogP contribution in [0.2, 0.25) is 0 Å². The highest BCUT2D eigenvalue weighted by atomic mass is 16.6. The van der Waals surface area contributed by atoms with Gasteiger partial charge in [0.05, 0.1) is 13.0 Å². The number of benzene rings is 1. The van der Waals surface area contributed by atoms with E-state index in [1.807, 2.05) is 31.2 Å². The molecule has 194 valence electrons. The minimum absolute atomic E-state index is 0.0359. The first-order valence-corrected chi connectivity index (χ1v) is 12.2. The number of aryl methyl sites for hydroxylation is 1. The fourth-order valence-electron chi connectivity index (χ4n) is 3.76. The van der Waals surface area contributed by atoms with Crippen LogP contribution in [0.1, 0.15) is 77.5 Å². The third-order valence-electron chi connectivity index (χ3n) is 5.68. The second-order valence-corrected chi connectivity index (χ2v) is 9.86. The van der Waals surface area contributed by atoms with Crippen molar-refractivity contribution in [3.05, 3.63) is 35.4 Å². The summed E-state index contributed by atoms with van der Waals surface area (Å²) in [6, 6.07) is 5.50. The molecule has 0 aromatic heterocycles. The van der Waals surface area contributed by atoms with Gasteiger partial charge in [-0.3, -0.25) is 14.4 Å². The highest BCUT2D eigenvalue weighted by Crippen LogP contribution is 2.33. The van der Waals surface area contributed by atoms with Crippen LogP contribution in [0, 0.1) is 6.92 Å². The van der Waals surface area contributed by atoms with Crippen LogP contribution in [-0.2, 0) is 23.9 Å². The molecule has 1 aliphatic rings. The number of carbonyl (C=O) groups excluding carboxylic acids is 4. The lowest BCUT2D eigenvalue weighted by Crippen LogP contribution is -2.56. The monoisotopic (exact) mass is 489 g/mol. The SMILES string of the molecule is CCOC(=O)CCNC(=O)C(c1ccc(C)cc1)N(C(=O)C(C)NC(=O)OC(C)(C)C)C1CCC1. The second kappa shape index (κ2) is 12.6. The number of rotatable bonds is 10. The molecule has 2 atom stereocenters. The predicted molar refractivity (Wildman–Crippen MR) is 131 cm³/mol. The normalized spacial score (nSPS) is 15.3. The molecule has 2 unspecified atom stereocenters. The Bertz CT molecular complexity index is 889. The van der Waals surface area contributed by atoms with Crippen molar-refractivity contribution in [1.82, 2.24) is 15.5 Å². The van der Waals surface area contributed by atoms with Gasteiger partial charge in [0.1, 0.15) is 17.7 Å². The lowest BCUT2D eigenvalue weighted by atomic mass is 9.88. The van der Waals surface area contributed by atoms with Crippen LogP contribution in [-0.4, -0.2) is 59.6 Å². The number of carbonyl (C=O) groups is 4. The molecule has 2 rings (SSSR count). The van der Waals surface area contributed by atoms with Gasteiger partial charge in [-0.15, -0.1) is 0 Å². The van der Waals surface area contributed by atoms with E-state index >= 15 is 0 Å². The van der Waals surface area contributed by atoms with E-state index in [-0.39, 0.29) is 37.4 Å². The molecule has 1 aliphatic carbocycles. The average molecular weight is 490 g/mol. The Hall–Kier alpha value is -3.10. The van der Waals surface area contributed by atoms with Crippen molar-refractivity contribution < 1.29 is 28.7 Å². The van der Waals surface area contributed by atoms with E-state index in [0.29, 0.717) is 5.56 Å². The van der Waals surface area contributed by atoms with Gasteiger partial charge in [-0.25, -0.2) is 4.79 Å². The third-order valence-corrected chi connectivity index (χ3v) is 5.68. The molecule has 0 bridgehead atoms. The highest BCUT2D eigenvalue weighted by Gasteiger charge is 2.40. The molecule has 0 radical (unpaired) electrons. The zero-order valence-electron chi connectivity index (χ0n) is 21.7. The number of nitrogens with one attached hydrogen (secondary N) is 2. The van der Waals surface area contributed by atoms with Gasteiger partial charge >= 0.3 is 12.1 Å². The van der Waals surface area contributed by atoms with Crippen LogP contribution in [0.3, 0.4) is 0 Å². The van der Waals surface area contributed by atoms with Crippen molar-refractivity contribution in [1.29, 1.82) is 0 Å². The zero-order chi connectivity index (χ0) is 26.2. The number of nitrogens with zero attached hydrogens (tertiary/aromatic N) is 1. The van der Waals surface area contributed by atoms with Gasteiger partial charge in [-0.2, -0.15) is 0 Å². The maximum Gasteiger partial charge on any atom is 0.408 e. The molecular formula is C26H39N3O6.